The van der Waals surface area contributed by atoms with E-state index in [4.69, 9.17) is 29.9 Å². The fraction of sp³-hybridized carbons (Fsp3) is 0.0323. The lowest BCUT2D eigenvalue weighted by Gasteiger charge is -2.21. The molecule has 0 radical (unpaired) electrons. The SMILES string of the molecule is C=Cc1sc2c(-c3cccc(-c4ccc5c6ccccc6c6ccc(-c7cccc(-c8nc(-c9ccccc9)nc(-c9ccc(-n%10c%11ccccc%11c%11cc%12c(cc%11%10)-c%10ccccc%10C%12(C)C)cc9)n8)c7)cc6c5c4)c3)ccc(-c3cc(-c4cccc(-c5ccc6c7ccccc7n(-c7nc(-c8ccccc8)nc(-c8ccccc8)n7)c6c5)c4)c4sc5ccccc5c4c3)c2c1/C=C\C. The largest absolute Gasteiger partial charge is 0.309 e. The number of fused-ring (bicyclic) bond motifs is 19. The van der Waals surface area contributed by atoms with Crippen LogP contribution < -0.4 is 0 Å². The number of rotatable bonds is 15. The molecule has 0 amide bonds. The Labute approximate surface area is 781 Å². The monoisotopic (exact) mass is 1740 g/mol. The van der Waals surface area contributed by atoms with Gasteiger partial charge in [0.15, 0.2) is 29.1 Å². The Balaban J connectivity index is 0.556. The highest BCUT2D eigenvalue weighted by Crippen LogP contribution is 2.54. The van der Waals surface area contributed by atoms with Crippen LogP contribution in [0.2, 0.25) is 0 Å². The van der Waals surface area contributed by atoms with Gasteiger partial charge in [-0.3, -0.25) is 4.57 Å². The summed E-state index contributed by atoms with van der Waals surface area (Å²) < 4.78 is 8.33. The predicted molar refractivity (Wildman–Crippen MR) is 565 cm³/mol. The van der Waals surface area contributed by atoms with E-state index in [2.05, 4.69) is 394 Å². The maximum Gasteiger partial charge on any atom is 0.238 e. The minimum absolute atomic E-state index is 0.114. The fourth-order valence-corrected chi connectivity index (χ4v) is 23.5. The maximum absolute atomic E-state index is 5.37. The number of benzene rings is 19. The van der Waals surface area contributed by atoms with Gasteiger partial charge in [-0.1, -0.05) is 336 Å². The Kier molecular flexibility index (Phi) is 18.3. The molecule has 0 N–H and O–H groups in total. The molecule has 0 unspecified atom stereocenters. The van der Waals surface area contributed by atoms with Crippen molar-refractivity contribution in [2.45, 2.75) is 26.2 Å². The molecule has 0 saturated heterocycles. The molecule has 134 heavy (non-hydrogen) atoms. The van der Waals surface area contributed by atoms with E-state index < -0.39 is 0 Å². The third-order valence-corrected chi connectivity index (χ3v) is 30.0. The number of aromatic nitrogens is 8. The topological polar surface area (TPSA) is 87.2 Å². The number of hydrogen-bond acceptors (Lipinski definition) is 8. The summed E-state index contributed by atoms with van der Waals surface area (Å²) in [6.07, 6.45) is 6.48. The first-order valence-corrected chi connectivity index (χ1v) is 47.2. The second kappa shape index (κ2) is 31.3. The van der Waals surface area contributed by atoms with Crippen molar-refractivity contribution in [2.24, 2.45) is 0 Å². The smallest absolute Gasteiger partial charge is 0.238 e. The molecule has 628 valence electrons. The van der Waals surface area contributed by atoms with Crippen molar-refractivity contribution >= 4 is 141 Å². The fourth-order valence-electron chi connectivity index (χ4n) is 21.1. The van der Waals surface area contributed by atoms with E-state index in [0.29, 0.717) is 35.1 Å². The quantitative estimate of drug-likeness (QED) is 0.0951. The predicted octanol–water partition coefficient (Wildman–Crippen LogP) is 33.6. The highest BCUT2D eigenvalue weighted by Gasteiger charge is 2.37. The number of allylic oxidation sites excluding steroid dienone is 1. The number of thiophene rings is 2. The lowest BCUT2D eigenvalue weighted by atomic mass is 9.82. The van der Waals surface area contributed by atoms with Crippen molar-refractivity contribution in [1.82, 2.24) is 39.0 Å². The van der Waals surface area contributed by atoms with Crippen molar-refractivity contribution in [1.29, 1.82) is 0 Å². The van der Waals surface area contributed by atoms with Crippen molar-refractivity contribution < 1.29 is 0 Å². The summed E-state index contributed by atoms with van der Waals surface area (Å²) in [6.45, 7) is 11.3. The standard InChI is InChI=1S/C124H80N8S2/c1-5-29-100-113(6-2)133-117-90(63-62-89(115(100)117)87-69-101(116-106(70-87)99-47-21-25-51-114(99)134-116)85-40-27-37-79(65-85)83-56-61-98-96-45-19-24-50-110(96)132(111(98)71-83)123-129-120(75-32-12-8-13-33-75)128-121(130-123)76-34-14-9-15-35-76)84-39-26-36-78(64-84)81-54-59-93-91-42-16-17-43-92(91)94-60-55-82(68-103(94)102(93)67-81)80-38-28-41-86(66-80)122-126-118(74-30-10-7-11-31-74)125-119(127-122)77-52-57-88(58-53-77)131-109-49-23-20-46-97(109)105-72-108-104(73-112(105)131)95-44-18-22-48-107(95)124(108,3)4/h5-73H,2H2,1,3-4H3/b29-5-. The summed E-state index contributed by atoms with van der Waals surface area (Å²) in [5.74, 6) is 3.58. The number of para-hydroxylation sites is 2. The molecule has 0 fully saturated rings. The van der Waals surface area contributed by atoms with Crippen LogP contribution >= 0.6 is 22.7 Å². The average molecular weight is 1750 g/mol. The summed E-state index contributed by atoms with van der Waals surface area (Å²) in [5, 5.41) is 15.6. The average Bonchev–Trinajstić information content (AvgIpc) is 1.55. The van der Waals surface area contributed by atoms with Crippen LogP contribution in [0.1, 0.15) is 42.3 Å². The molecular formula is C124H80N8S2. The van der Waals surface area contributed by atoms with E-state index in [-0.39, 0.29) is 5.41 Å². The lowest BCUT2D eigenvalue weighted by molar-refractivity contribution is 0.661. The third-order valence-electron chi connectivity index (χ3n) is 27.5. The molecule has 1 aliphatic carbocycles. The second-order valence-electron chi connectivity index (χ2n) is 35.5. The molecule has 0 bridgehead atoms. The van der Waals surface area contributed by atoms with E-state index in [1.165, 1.54) is 118 Å². The van der Waals surface area contributed by atoms with Crippen LogP contribution in [0.5, 0.6) is 0 Å². The highest BCUT2D eigenvalue weighted by molar-refractivity contribution is 7.26. The zero-order valence-electron chi connectivity index (χ0n) is 73.4. The van der Waals surface area contributed by atoms with Crippen LogP contribution in [0.25, 0.3) is 265 Å². The van der Waals surface area contributed by atoms with Crippen LogP contribution in [-0.4, -0.2) is 39.0 Å². The van der Waals surface area contributed by atoms with Gasteiger partial charge in [0.05, 0.1) is 22.1 Å². The van der Waals surface area contributed by atoms with Gasteiger partial charge >= 0.3 is 0 Å². The molecule has 10 heteroatoms. The first kappa shape index (κ1) is 78.3. The molecule has 19 aromatic carbocycles. The van der Waals surface area contributed by atoms with E-state index in [0.717, 1.165) is 121 Å². The summed E-state index contributed by atoms with van der Waals surface area (Å²) >= 11 is 3.68. The van der Waals surface area contributed by atoms with Crippen molar-refractivity contribution in [3.8, 4) is 146 Å². The van der Waals surface area contributed by atoms with Crippen molar-refractivity contribution in [3.63, 3.8) is 0 Å². The summed E-state index contributed by atoms with van der Waals surface area (Å²) in [6, 6.07) is 146. The van der Waals surface area contributed by atoms with Crippen molar-refractivity contribution in [2.75, 3.05) is 0 Å². The van der Waals surface area contributed by atoms with Gasteiger partial charge < -0.3 is 4.57 Å². The molecule has 26 rings (SSSR count). The van der Waals surface area contributed by atoms with Gasteiger partial charge in [-0.05, 0) is 226 Å². The molecule has 25 aromatic rings. The zero-order chi connectivity index (χ0) is 89.0. The van der Waals surface area contributed by atoms with E-state index in [9.17, 15) is 0 Å². The van der Waals surface area contributed by atoms with Gasteiger partial charge in [0.2, 0.25) is 5.95 Å². The van der Waals surface area contributed by atoms with Gasteiger partial charge in [-0.2, -0.15) is 9.97 Å². The lowest BCUT2D eigenvalue weighted by Crippen LogP contribution is -2.14. The Hall–Kier alpha value is -16.8. The molecule has 0 spiro atoms. The van der Waals surface area contributed by atoms with Crippen LogP contribution in [0, 0.1) is 0 Å². The first-order chi connectivity index (χ1) is 66.1. The van der Waals surface area contributed by atoms with Crippen LogP contribution in [0.4, 0.5) is 0 Å². The van der Waals surface area contributed by atoms with Gasteiger partial charge in [0.1, 0.15) is 0 Å². The van der Waals surface area contributed by atoms with E-state index in [1.807, 2.05) is 83.3 Å². The van der Waals surface area contributed by atoms with Crippen LogP contribution in [0.15, 0.2) is 413 Å². The Bertz CT molecular complexity index is 9200. The normalized spacial score (nSPS) is 12.5. The molecule has 1 aliphatic rings. The van der Waals surface area contributed by atoms with Crippen molar-refractivity contribution in [3.05, 3.63) is 435 Å². The maximum atomic E-state index is 5.37. The number of nitrogens with zero attached hydrogens (tertiary/aromatic N) is 8. The van der Waals surface area contributed by atoms with Crippen LogP contribution in [0.3, 0.4) is 0 Å². The molecule has 6 aromatic heterocycles. The van der Waals surface area contributed by atoms with Gasteiger partial charge in [-0.15, -0.1) is 22.7 Å². The molecule has 0 saturated carbocycles. The van der Waals surface area contributed by atoms with E-state index in [1.54, 1.807) is 0 Å². The molecule has 6 heterocycles. The summed E-state index contributed by atoms with van der Waals surface area (Å²) in [4.78, 5) is 32.7. The second-order valence-corrected chi connectivity index (χ2v) is 37.6. The van der Waals surface area contributed by atoms with Crippen LogP contribution in [-0.2, 0) is 5.41 Å². The molecular weight excluding hydrogens is 1670 g/mol. The number of hydrogen-bond donors (Lipinski definition) is 0. The van der Waals surface area contributed by atoms with E-state index >= 15 is 0 Å². The highest BCUT2D eigenvalue weighted by atomic mass is 32.1. The third kappa shape index (κ3) is 12.8. The van der Waals surface area contributed by atoms with Gasteiger partial charge in [0.25, 0.3) is 0 Å². The minimum Gasteiger partial charge on any atom is -0.309 e. The van der Waals surface area contributed by atoms with Gasteiger partial charge in [-0.25, -0.2) is 19.9 Å². The van der Waals surface area contributed by atoms with Gasteiger partial charge in [0, 0.05) is 107 Å². The Morgan fingerprint density at radius 2 is 0.694 bits per heavy atom. The zero-order valence-corrected chi connectivity index (χ0v) is 75.1. The molecule has 0 atom stereocenters. The molecule has 0 aliphatic heterocycles. The molecule has 8 nitrogen and oxygen atoms in total. The summed E-state index contributed by atoms with van der Waals surface area (Å²) in [7, 11) is 0. The Morgan fingerprint density at radius 1 is 0.261 bits per heavy atom. The first-order valence-electron chi connectivity index (χ1n) is 45.6. The summed E-state index contributed by atoms with van der Waals surface area (Å²) in [5.41, 5.74) is 29.9. The Morgan fingerprint density at radius 3 is 1.31 bits per heavy atom. The minimum atomic E-state index is -0.114.